The first-order chi connectivity index (χ1) is 10.8. The Hall–Kier alpha value is -1.26. The molecule has 1 saturated carbocycles. The van der Waals surface area contributed by atoms with E-state index in [2.05, 4.69) is 17.4 Å². The highest BCUT2D eigenvalue weighted by molar-refractivity contribution is 5.43. The molecule has 1 aromatic rings. The van der Waals surface area contributed by atoms with Gasteiger partial charge in [0.25, 0.3) is 0 Å². The summed E-state index contributed by atoms with van der Waals surface area (Å²) in [5, 5.41) is 3.63. The summed E-state index contributed by atoms with van der Waals surface area (Å²) in [6.45, 7) is 2.36. The van der Waals surface area contributed by atoms with Gasteiger partial charge in [-0.25, -0.2) is 0 Å². The standard InChI is InChI=1S/C18H27NO3/c1-20-18-11-14(12-19-15-5-2-3-6-15)8-9-17(18)22-13-16-7-4-10-21-16/h8-9,11,15-16,19H,2-7,10,12-13H2,1H3. The van der Waals surface area contributed by atoms with Crippen LogP contribution in [0.3, 0.4) is 0 Å². The minimum Gasteiger partial charge on any atom is -0.493 e. The Bertz CT molecular complexity index is 465. The molecule has 4 heteroatoms. The van der Waals surface area contributed by atoms with Crippen LogP contribution >= 0.6 is 0 Å². The van der Waals surface area contributed by atoms with E-state index >= 15 is 0 Å². The van der Waals surface area contributed by atoms with Crippen LogP contribution in [-0.2, 0) is 11.3 Å². The van der Waals surface area contributed by atoms with E-state index in [4.69, 9.17) is 14.2 Å². The van der Waals surface area contributed by atoms with Gasteiger partial charge < -0.3 is 19.5 Å². The zero-order chi connectivity index (χ0) is 15.2. The maximum Gasteiger partial charge on any atom is 0.161 e. The van der Waals surface area contributed by atoms with Gasteiger partial charge in [-0.05, 0) is 43.4 Å². The SMILES string of the molecule is COc1cc(CNC2CCCC2)ccc1OCC1CCCO1. The molecule has 1 saturated heterocycles. The maximum absolute atomic E-state index is 5.87. The predicted octanol–water partition coefficient (Wildman–Crippen LogP) is 3.29. The van der Waals surface area contributed by atoms with Crippen LogP contribution in [-0.4, -0.2) is 32.5 Å². The number of hydrogen-bond acceptors (Lipinski definition) is 4. The van der Waals surface area contributed by atoms with E-state index in [1.807, 2.05) is 6.07 Å². The summed E-state index contributed by atoms with van der Waals surface area (Å²) in [5.41, 5.74) is 1.24. The van der Waals surface area contributed by atoms with Crippen molar-refractivity contribution in [3.05, 3.63) is 23.8 Å². The molecule has 1 heterocycles. The van der Waals surface area contributed by atoms with Crippen LogP contribution in [0.15, 0.2) is 18.2 Å². The van der Waals surface area contributed by atoms with Crippen LogP contribution in [0.1, 0.15) is 44.1 Å². The molecular weight excluding hydrogens is 278 g/mol. The van der Waals surface area contributed by atoms with Crippen LogP contribution in [0.2, 0.25) is 0 Å². The highest BCUT2D eigenvalue weighted by Crippen LogP contribution is 2.29. The number of rotatable bonds is 7. The average Bonchev–Trinajstić information content (AvgIpc) is 3.24. The molecule has 22 heavy (non-hydrogen) atoms. The zero-order valence-electron chi connectivity index (χ0n) is 13.5. The topological polar surface area (TPSA) is 39.7 Å². The largest absolute Gasteiger partial charge is 0.493 e. The lowest BCUT2D eigenvalue weighted by Gasteiger charge is -2.16. The summed E-state index contributed by atoms with van der Waals surface area (Å²) in [5.74, 6) is 1.62. The minimum absolute atomic E-state index is 0.230. The molecule has 122 valence electrons. The van der Waals surface area contributed by atoms with Crippen LogP contribution in [0.25, 0.3) is 0 Å². The summed E-state index contributed by atoms with van der Waals surface area (Å²) in [6.07, 6.45) is 7.78. The van der Waals surface area contributed by atoms with Crippen LogP contribution in [0.5, 0.6) is 11.5 Å². The van der Waals surface area contributed by atoms with Gasteiger partial charge in [0.1, 0.15) is 6.61 Å². The first-order valence-corrected chi connectivity index (χ1v) is 8.50. The van der Waals surface area contributed by atoms with Gasteiger partial charge in [0.05, 0.1) is 13.2 Å². The molecule has 0 radical (unpaired) electrons. The number of hydrogen-bond donors (Lipinski definition) is 1. The van der Waals surface area contributed by atoms with Crippen molar-refractivity contribution in [3.63, 3.8) is 0 Å². The second-order valence-electron chi connectivity index (χ2n) is 6.29. The highest BCUT2D eigenvalue weighted by atomic mass is 16.5. The van der Waals surface area contributed by atoms with E-state index in [-0.39, 0.29) is 6.10 Å². The molecule has 2 aliphatic rings. The smallest absolute Gasteiger partial charge is 0.161 e. The third-order valence-electron chi connectivity index (χ3n) is 4.63. The van der Waals surface area contributed by atoms with Crippen molar-refractivity contribution in [2.45, 2.75) is 57.2 Å². The lowest BCUT2D eigenvalue weighted by atomic mass is 10.1. The fourth-order valence-corrected chi connectivity index (χ4v) is 3.29. The first-order valence-electron chi connectivity index (χ1n) is 8.50. The summed E-state index contributed by atoms with van der Waals surface area (Å²) < 4.78 is 16.9. The Morgan fingerprint density at radius 1 is 1.14 bits per heavy atom. The number of methoxy groups -OCH3 is 1. The molecule has 1 aliphatic heterocycles. The molecule has 0 spiro atoms. The zero-order valence-corrected chi connectivity index (χ0v) is 13.5. The van der Waals surface area contributed by atoms with Crippen molar-refractivity contribution in [2.24, 2.45) is 0 Å². The predicted molar refractivity (Wildman–Crippen MR) is 86.6 cm³/mol. The highest BCUT2D eigenvalue weighted by Gasteiger charge is 2.17. The van der Waals surface area contributed by atoms with E-state index in [9.17, 15) is 0 Å². The van der Waals surface area contributed by atoms with Crippen molar-refractivity contribution in [1.29, 1.82) is 0 Å². The molecule has 0 amide bonds. The van der Waals surface area contributed by atoms with Crippen molar-refractivity contribution >= 4 is 0 Å². The molecule has 4 nitrogen and oxygen atoms in total. The third kappa shape index (κ3) is 4.14. The minimum atomic E-state index is 0.230. The lowest BCUT2D eigenvalue weighted by Crippen LogP contribution is -2.25. The average molecular weight is 305 g/mol. The Balaban J connectivity index is 1.54. The van der Waals surface area contributed by atoms with E-state index in [1.54, 1.807) is 7.11 Å². The first kappa shape index (κ1) is 15.6. The third-order valence-corrected chi connectivity index (χ3v) is 4.63. The van der Waals surface area contributed by atoms with Crippen LogP contribution < -0.4 is 14.8 Å². The van der Waals surface area contributed by atoms with Crippen molar-refractivity contribution < 1.29 is 14.2 Å². The molecule has 0 aromatic heterocycles. The Morgan fingerprint density at radius 3 is 2.73 bits per heavy atom. The van der Waals surface area contributed by atoms with Crippen LogP contribution in [0.4, 0.5) is 0 Å². The van der Waals surface area contributed by atoms with E-state index in [0.717, 1.165) is 37.5 Å². The van der Waals surface area contributed by atoms with Gasteiger partial charge >= 0.3 is 0 Å². The molecular formula is C18H27NO3. The molecule has 1 N–H and O–H groups in total. The number of nitrogens with one attached hydrogen (secondary N) is 1. The fourth-order valence-electron chi connectivity index (χ4n) is 3.29. The molecule has 3 rings (SSSR count). The van der Waals surface area contributed by atoms with E-state index < -0.39 is 0 Å². The summed E-state index contributed by atoms with van der Waals surface area (Å²) in [4.78, 5) is 0. The Morgan fingerprint density at radius 2 is 2.00 bits per heavy atom. The van der Waals surface area contributed by atoms with Crippen molar-refractivity contribution in [3.8, 4) is 11.5 Å². The number of ether oxygens (including phenoxy) is 3. The normalized spacial score (nSPS) is 22.1. The van der Waals surface area contributed by atoms with Crippen molar-refractivity contribution in [1.82, 2.24) is 5.32 Å². The van der Waals surface area contributed by atoms with Crippen LogP contribution in [0, 0.1) is 0 Å². The van der Waals surface area contributed by atoms with Gasteiger partial charge in [0.2, 0.25) is 0 Å². The second kappa shape index (κ2) is 7.84. The maximum atomic E-state index is 5.87. The molecule has 2 fully saturated rings. The summed E-state index contributed by atoms with van der Waals surface area (Å²) in [7, 11) is 1.70. The Labute approximate surface area is 133 Å². The van der Waals surface area contributed by atoms with Gasteiger partial charge in [-0.1, -0.05) is 18.9 Å². The number of benzene rings is 1. The van der Waals surface area contributed by atoms with Gasteiger partial charge in [0.15, 0.2) is 11.5 Å². The van der Waals surface area contributed by atoms with E-state index in [1.165, 1.54) is 31.2 Å². The van der Waals surface area contributed by atoms with Gasteiger partial charge in [0, 0.05) is 19.2 Å². The Kier molecular flexibility index (Phi) is 5.57. The van der Waals surface area contributed by atoms with Crippen molar-refractivity contribution in [2.75, 3.05) is 20.3 Å². The molecule has 1 aliphatic carbocycles. The summed E-state index contributed by atoms with van der Waals surface area (Å²) in [6, 6.07) is 6.89. The fraction of sp³-hybridized carbons (Fsp3) is 0.667. The molecule has 1 atom stereocenters. The second-order valence-corrected chi connectivity index (χ2v) is 6.29. The summed E-state index contributed by atoms with van der Waals surface area (Å²) >= 11 is 0. The quantitative estimate of drug-likeness (QED) is 0.839. The van der Waals surface area contributed by atoms with Gasteiger partial charge in [-0.3, -0.25) is 0 Å². The van der Waals surface area contributed by atoms with Gasteiger partial charge in [-0.2, -0.15) is 0 Å². The monoisotopic (exact) mass is 305 g/mol. The molecule has 0 bridgehead atoms. The molecule has 1 aromatic carbocycles. The van der Waals surface area contributed by atoms with Gasteiger partial charge in [-0.15, -0.1) is 0 Å². The van der Waals surface area contributed by atoms with E-state index in [0.29, 0.717) is 12.6 Å². The molecule has 1 unspecified atom stereocenters. The lowest BCUT2D eigenvalue weighted by molar-refractivity contribution is 0.0669.